The van der Waals surface area contributed by atoms with Crippen molar-refractivity contribution in [2.24, 2.45) is 11.8 Å². The Balaban J connectivity index is 2.60. The van der Waals surface area contributed by atoms with Crippen LogP contribution < -0.4 is 5.32 Å². The van der Waals surface area contributed by atoms with Gasteiger partial charge in [0.05, 0.1) is 16.4 Å². The standard InChI is InChI=1S/C12H16N2O5S/c1-7(2)3-8(12(16)17)5-13-11(15)9-4-10(14(18)19)20-6-9/h4,6-8H,3,5H2,1-2H3,(H,13,15)(H,16,17). The maximum absolute atomic E-state index is 11.8. The van der Waals surface area contributed by atoms with Crippen molar-refractivity contribution in [3.8, 4) is 0 Å². The van der Waals surface area contributed by atoms with Crippen molar-refractivity contribution >= 4 is 28.2 Å². The van der Waals surface area contributed by atoms with Gasteiger partial charge in [-0.15, -0.1) is 0 Å². The van der Waals surface area contributed by atoms with Gasteiger partial charge in [-0.05, 0) is 12.3 Å². The molecule has 0 aromatic carbocycles. The SMILES string of the molecule is CC(C)CC(CNC(=O)c1csc([N+](=O)[O-])c1)C(=O)O. The molecule has 0 radical (unpaired) electrons. The van der Waals surface area contributed by atoms with Gasteiger partial charge in [0.25, 0.3) is 5.91 Å². The predicted octanol–water partition coefficient (Wildman–Crippen LogP) is 2.13. The molecule has 1 heterocycles. The molecule has 110 valence electrons. The van der Waals surface area contributed by atoms with Crippen molar-refractivity contribution in [3.63, 3.8) is 0 Å². The highest BCUT2D eigenvalue weighted by atomic mass is 32.1. The maximum atomic E-state index is 11.8. The van der Waals surface area contributed by atoms with Crippen LogP contribution in [0.15, 0.2) is 11.4 Å². The molecule has 0 aliphatic rings. The Bertz CT molecular complexity index is 512. The fourth-order valence-corrected chi connectivity index (χ4v) is 2.40. The lowest BCUT2D eigenvalue weighted by atomic mass is 9.97. The molecular formula is C12H16N2O5S. The minimum Gasteiger partial charge on any atom is -0.481 e. The summed E-state index contributed by atoms with van der Waals surface area (Å²) in [5, 5.41) is 23.3. The lowest BCUT2D eigenvalue weighted by Crippen LogP contribution is -2.33. The van der Waals surface area contributed by atoms with Crippen LogP contribution in [0, 0.1) is 22.0 Å². The Morgan fingerprint density at radius 1 is 1.50 bits per heavy atom. The number of amides is 1. The molecule has 0 aliphatic carbocycles. The van der Waals surface area contributed by atoms with Crippen LogP contribution in [0.1, 0.15) is 30.6 Å². The summed E-state index contributed by atoms with van der Waals surface area (Å²) >= 11 is 0.861. The third-order valence-electron chi connectivity index (χ3n) is 2.64. The second-order valence-corrected chi connectivity index (χ2v) is 5.70. The van der Waals surface area contributed by atoms with Crippen LogP contribution in [-0.4, -0.2) is 28.5 Å². The number of aliphatic carboxylic acids is 1. The molecule has 0 fully saturated rings. The normalized spacial score (nSPS) is 12.2. The third kappa shape index (κ3) is 4.61. The molecular weight excluding hydrogens is 284 g/mol. The van der Waals surface area contributed by atoms with Gasteiger partial charge in [0.15, 0.2) is 0 Å². The smallest absolute Gasteiger partial charge is 0.324 e. The Morgan fingerprint density at radius 2 is 2.15 bits per heavy atom. The number of nitrogens with zero attached hydrogens (tertiary/aromatic N) is 1. The first-order valence-corrected chi connectivity index (χ1v) is 6.93. The number of carbonyl (C=O) groups excluding carboxylic acids is 1. The fourth-order valence-electron chi connectivity index (χ4n) is 1.70. The topological polar surface area (TPSA) is 110 Å². The monoisotopic (exact) mass is 300 g/mol. The first-order valence-electron chi connectivity index (χ1n) is 6.05. The van der Waals surface area contributed by atoms with Crippen LogP contribution in [0.4, 0.5) is 5.00 Å². The lowest BCUT2D eigenvalue weighted by Gasteiger charge is -2.15. The second kappa shape index (κ2) is 6.99. The van der Waals surface area contributed by atoms with Gasteiger partial charge < -0.3 is 10.4 Å². The number of nitrogens with one attached hydrogen (secondary N) is 1. The second-order valence-electron chi connectivity index (χ2n) is 4.81. The summed E-state index contributed by atoms with van der Waals surface area (Å²) in [5.74, 6) is -1.91. The summed E-state index contributed by atoms with van der Waals surface area (Å²) in [6.45, 7) is 3.82. The first kappa shape index (κ1) is 16.1. The number of rotatable bonds is 7. The summed E-state index contributed by atoms with van der Waals surface area (Å²) in [7, 11) is 0. The van der Waals surface area contributed by atoms with Crippen molar-refractivity contribution in [2.45, 2.75) is 20.3 Å². The van der Waals surface area contributed by atoms with Crippen molar-refractivity contribution < 1.29 is 19.6 Å². The molecule has 7 nitrogen and oxygen atoms in total. The van der Waals surface area contributed by atoms with E-state index in [0.717, 1.165) is 11.3 Å². The van der Waals surface area contributed by atoms with E-state index in [-0.39, 0.29) is 23.0 Å². The van der Waals surface area contributed by atoms with Crippen molar-refractivity contribution in [1.29, 1.82) is 0 Å². The summed E-state index contributed by atoms with van der Waals surface area (Å²) in [4.78, 5) is 32.8. The lowest BCUT2D eigenvalue weighted by molar-refractivity contribution is -0.380. The first-order chi connectivity index (χ1) is 9.31. The molecule has 1 amide bonds. The zero-order chi connectivity index (χ0) is 15.3. The van der Waals surface area contributed by atoms with E-state index >= 15 is 0 Å². The quantitative estimate of drug-likeness (QED) is 0.592. The molecule has 1 rings (SSSR count). The van der Waals surface area contributed by atoms with Crippen molar-refractivity contribution in [2.75, 3.05) is 6.54 Å². The highest BCUT2D eigenvalue weighted by Crippen LogP contribution is 2.22. The Kier molecular flexibility index (Phi) is 5.63. The molecule has 1 aromatic rings. The van der Waals surface area contributed by atoms with E-state index in [4.69, 9.17) is 5.11 Å². The van der Waals surface area contributed by atoms with E-state index < -0.39 is 22.7 Å². The molecule has 1 atom stereocenters. The van der Waals surface area contributed by atoms with E-state index in [1.54, 1.807) is 0 Å². The van der Waals surface area contributed by atoms with E-state index in [9.17, 15) is 19.7 Å². The van der Waals surface area contributed by atoms with E-state index in [0.29, 0.717) is 6.42 Å². The van der Waals surface area contributed by atoms with Gasteiger partial charge in [-0.1, -0.05) is 25.2 Å². The number of nitro groups is 1. The van der Waals surface area contributed by atoms with Crippen LogP contribution >= 0.6 is 11.3 Å². The molecule has 8 heteroatoms. The molecule has 0 saturated carbocycles. The number of hydrogen-bond donors (Lipinski definition) is 2. The highest BCUT2D eigenvalue weighted by molar-refractivity contribution is 7.13. The Labute approximate surface area is 119 Å². The van der Waals surface area contributed by atoms with Gasteiger partial charge in [-0.3, -0.25) is 19.7 Å². The van der Waals surface area contributed by atoms with E-state index in [2.05, 4.69) is 5.32 Å². The molecule has 0 saturated heterocycles. The molecule has 1 unspecified atom stereocenters. The Hall–Kier alpha value is -1.96. The zero-order valence-electron chi connectivity index (χ0n) is 11.2. The number of thiophene rings is 1. The molecule has 0 aliphatic heterocycles. The van der Waals surface area contributed by atoms with Crippen molar-refractivity contribution in [3.05, 3.63) is 27.1 Å². The summed E-state index contributed by atoms with van der Waals surface area (Å²) in [6.07, 6.45) is 0.458. The summed E-state index contributed by atoms with van der Waals surface area (Å²) < 4.78 is 0. The van der Waals surface area contributed by atoms with Crippen molar-refractivity contribution in [1.82, 2.24) is 5.32 Å². The summed E-state index contributed by atoms with van der Waals surface area (Å²) in [5.41, 5.74) is 0.176. The zero-order valence-corrected chi connectivity index (χ0v) is 12.0. The van der Waals surface area contributed by atoms with E-state index in [1.165, 1.54) is 11.4 Å². The largest absolute Gasteiger partial charge is 0.481 e. The predicted molar refractivity (Wildman–Crippen MR) is 73.9 cm³/mol. The van der Waals surface area contributed by atoms with Crippen LogP contribution in [-0.2, 0) is 4.79 Å². The molecule has 0 bridgehead atoms. The average Bonchev–Trinajstić information content (AvgIpc) is 2.82. The maximum Gasteiger partial charge on any atom is 0.324 e. The van der Waals surface area contributed by atoms with Gasteiger partial charge in [0, 0.05) is 18.0 Å². The van der Waals surface area contributed by atoms with Gasteiger partial charge >= 0.3 is 11.0 Å². The van der Waals surface area contributed by atoms with Gasteiger partial charge in [0.1, 0.15) is 0 Å². The third-order valence-corrected chi connectivity index (χ3v) is 3.52. The minimum atomic E-state index is -0.963. The number of carboxylic acid groups (broad SMARTS) is 1. The minimum absolute atomic E-state index is 0.00991. The summed E-state index contributed by atoms with van der Waals surface area (Å²) in [6, 6.07) is 1.18. The van der Waals surface area contributed by atoms with E-state index in [1.807, 2.05) is 13.8 Å². The molecule has 20 heavy (non-hydrogen) atoms. The molecule has 1 aromatic heterocycles. The van der Waals surface area contributed by atoms with Gasteiger partial charge in [-0.25, -0.2) is 0 Å². The Morgan fingerprint density at radius 3 is 2.60 bits per heavy atom. The highest BCUT2D eigenvalue weighted by Gasteiger charge is 2.21. The number of carboxylic acids is 1. The van der Waals surface area contributed by atoms with Crippen LogP contribution in [0.2, 0.25) is 0 Å². The number of carbonyl (C=O) groups is 2. The van der Waals surface area contributed by atoms with Crippen LogP contribution in [0.25, 0.3) is 0 Å². The van der Waals surface area contributed by atoms with Crippen LogP contribution in [0.3, 0.4) is 0 Å². The fraction of sp³-hybridized carbons (Fsp3) is 0.500. The average molecular weight is 300 g/mol. The van der Waals surface area contributed by atoms with Gasteiger partial charge in [0.2, 0.25) is 0 Å². The van der Waals surface area contributed by atoms with Gasteiger partial charge in [-0.2, -0.15) is 0 Å². The number of hydrogen-bond acceptors (Lipinski definition) is 5. The van der Waals surface area contributed by atoms with Crippen LogP contribution in [0.5, 0.6) is 0 Å². The molecule has 0 spiro atoms. The molecule has 2 N–H and O–H groups in total.